The number of nitrogens with two attached hydrogens (primary N) is 1. The molecule has 0 bridgehead atoms. The zero-order chi connectivity index (χ0) is 11.8. The van der Waals surface area contributed by atoms with Gasteiger partial charge in [0, 0.05) is 12.7 Å². The number of hydrogen-bond acceptors (Lipinski definition) is 3. The van der Waals surface area contributed by atoms with E-state index in [1.807, 2.05) is 17.7 Å². The number of aromatic nitrogens is 1. The monoisotopic (exact) mass is 222 g/mol. The van der Waals surface area contributed by atoms with Gasteiger partial charge in [0.1, 0.15) is 5.69 Å². The highest BCUT2D eigenvalue weighted by Crippen LogP contribution is 2.36. The SMILES string of the molecule is COC(=O)c1ccc(C2(N)CCCC2)n1C. The molecular formula is C12H18N2O2. The highest BCUT2D eigenvalue weighted by molar-refractivity contribution is 5.87. The number of esters is 1. The number of nitrogens with zero attached hydrogens (tertiary/aromatic N) is 1. The first kappa shape index (κ1) is 11.2. The second kappa shape index (κ2) is 3.94. The lowest BCUT2D eigenvalue weighted by Gasteiger charge is -2.24. The molecule has 0 spiro atoms. The van der Waals surface area contributed by atoms with E-state index >= 15 is 0 Å². The normalized spacial score (nSPS) is 18.7. The Kier molecular flexibility index (Phi) is 2.76. The molecule has 1 heterocycles. The van der Waals surface area contributed by atoms with Crippen molar-refractivity contribution in [2.45, 2.75) is 31.2 Å². The highest BCUT2D eigenvalue weighted by atomic mass is 16.5. The molecule has 0 radical (unpaired) electrons. The van der Waals surface area contributed by atoms with E-state index in [1.54, 1.807) is 6.07 Å². The third kappa shape index (κ3) is 1.63. The predicted octanol–water partition coefficient (Wildman–Crippen LogP) is 1.54. The van der Waals surface area contributed by atoms with Gasteiger partial charge in [-0.15, -0.1) is 0 Å². The molecule has 0 atom stereocenters. The van der Waals surface area contributed by atoms with Crippen molar-refractivity contribution in [2.24, 2.45) is 12.8 Å². The lowest BCUT2D eigenvalue weighted by atomic mass is 9.95. The van der Waals surface area contributed by atoms with Gasteiger partial charge in [-0.2, -0.15) is 0 Å². The van der Waals surface area contributed by atoms with Crippen LogP contribution in [0.25, 0.3) is 0 Å². The highest BCUT2D eigenvalue weighted by Gasteiger charge is 2.34. The van der Waals surface area contributed by atoms with E-state index in [0.717, 1.165) is 31.4 Å². The van der Waals surface area contributed by atoms with Gasteiger partial charge in [0.2, 0.25) is 0 Å². The van der Waals surface area contributed by atoms with Crippen molar-refractivity contribution in [2.75, 3.05) is 7.11 Å². The maximum atomic E-state index is 11.5. The molecule has 0 aliphatic heterocycles. The number of ether oxygens (including phenoxy) is 1. The zero-order valence-electron chi connectivity index (χ0n) is 9.82. The molecule has 16 heavy (non-hydrogen) atoms. The molecule has 0 unspecified atom stereocenters. The molecule has 1 saturated carbocycles. The molecule has 88 valence electrons. The van der Waals surface area contributed by atoms with Crippen molar-refractivity contribution in [3.63, 3.8) is 0 Å². The Bertz CT molecular complexity index is 403. The van der Waals surface area contributed by atoms with Gasteiger partial charge in [-0.1, -0.05) is 12.8 Å². The molecule has 1 aliphatic rings. The molecule has 1 aliphatic carbocycles. The second-order valence-electron chi connectivity index (χ2n) is 4.52. The molecule has 4 heteroatoms. The standard InChI is InChI=1S/C12H18N2O2/c1-14-9(11(15)16-2)5-6-10(14)12(13)7-3-4-8-12/h5-6H,3-4,7-8,13H2,1-2H3. The van der Waals surface area contributed by atoms with Crippen molar-refractivity contribution >= 4 is 5.97 Å². The Morgan fingerprint density at radius 2 is 2.06 bits per heavy atom. The molecular weight excluding hydrogens is 204 g/mol. The van der Waals surface area contributed by atoms with E-state index in [4.69, 9.17) is 10.5 Å². The third-order valence-corrected chi connectivity index (χ3v) is 3.52. The minimum atomic E-state index is -0.310. The summed E-state index contributed by atoms with van der Waals surface area (Å²) in [5.41, 5.74) is 7.70. The summed E-state index contributed by atoms with van der Waals surface area (Å²) < 4.78 is 6.58. The van der Waals surface area contributed by atoms with Gasteiger partial charge >= 0.3 is 5.97 Å². The van der Waals surface area contributed by atoms with Crippen LogP contribution in [0.15, 0.2) is 12.1 Å². The molecule has 1 aromatic heterocycles. The Morgan fingerprint density at radius 3 is 2.62 bits per heavy atom. The van der Waals surface area contributed by atoms with Crippen molar-refractivity contribution in [1.82, 2.24) is 4.57 Å². The van der Waals surface area contributed by atoms with Crippen molar-refractivity contribution in [3.8, 4) is 0 Å². The van der Waals surface area contributed by atoms with Crippen LogP contribution in [0, 0.1) is 0 Å². The Balaban J connectivity index is 2.36. The first-order valence-electron chi connectivity index (χ1n) is 5.62. The zero-order valence-corrected chi connectivity index (χ0v) is 9.82. The van der Waals surface area contributed by atoms with Crippen LogP contribution in [-0.2, 0) is 17.3 Å². The van der Waals surface area contributed by atoms with Crippen LogP contribution in [0.2, 0.25) is 0 Å². The fraction of sp³-hybridized carbons (Fsp3) is 0.583. The van der Waals surface area contributed by atoms with Crippen LogP contribution in [-0.4, -0.2) is 17.6 Å². The van der Waals surface area contributed by atoms with Gasteiger partial charge in [0.25, 0.3) is 0 Å². The molecule has 0 aromatic carbocycles. The van der Waals surface area contributed by atoms with Gasteiger partial charge in [-0.05, 0) is 25.0 Å². The van der Waals surface area contributed by atoms with E-state index in [2.05, 4.69) is 0 Å². The fourth-order valence-electron chi connectivity index (χ4n) is 2.58. The first-order chi connectivity index (χ1) is 7.58. The molecule has 0 saturated heterocycles. The number of carbonyl (C=O) groups is 1. The lowest BCUT2D eigenvalue weighted by molar-refractivity contribution is 0.0589. The Labute approximate surface area is 95.4 Å². The minimum Gasteiger partial charge on any atom is -0.464 e. The summed E-state index contributed by atoms with van der Waals surface area (Å²) in [4.78, 5) is 11.5. The van der Waals surface area contributed by atoms with Gasteiger partial charge < -0.3 is 15.0 Å². The van der Waals surface area contributed by atoms with Crippen LogP contribution in [0.3, 0.4) is 0 Å². The van der Waals surface area contributed by atoms with Crippen molar-refractivity contribution in [3.05, 3.63) is 23.5 Å². The molecule has 1 fully saturated rings. The average molecular weight is 222 g/mol. The third-order valence-electron chi connectivity index (χ3n) is 3.52. The van der Waals surface area contributed by atoms with Gasteiger partial charge in [-0.25, -0.2) is 4.79 Å². The van der Waals surface area contributed by atoms with E-state index in [-0.39, 0.29) is 11.5 Å². The lowest BCUT2D eigenvalue weighted by Crippen LogP contribution is -2.35. The minimum absolute atomic E-state index is 0.263. The summed E-state index contributed by atoms with van der Waals surface area (Å²) in [6.45, 7) is 0. The molecule has 0 amide bonds. The molecule has 1 aromatic rings. The van der Waals surface area contributed by atoms with Crippen LogP contribution < -0.4 is 5.73 Å². The summed E-state index contributed by atoms with van der Waals surface area (Å²) in [7, 11) is 3.26. The van der Waals surface area contributed by atoms with Gasteiger partial charge in [0.15, 0.2) is 0 Å². The maximum Gasteiger partial charge on any atom is 0.354 e. The van der Waals surface area contributed by atoms with Crippen LogP contribution >= 0.6 is 0 Å². The summed E-state index contributed by atoms with van der Waals surface area (Å²) in [5.74, 6) is -0.310. The summed E-state index contributed by atoms with van der Waals surface area (Å²) in [5, 5.41) is 0. The number of rotatable bonds is 2. The largest absolute Gasteiger partial charge is 0.464 e. The summed E-state index contributed by atoms with van der Waals surface area (Å²) in [6.07, 6.45) is 4.31. The van der Waals surface area contributed by atoms with E-state index in [1.165, 1.54) is 7.11 Å². The maximum absolute atomic E-state index is 11.5. The molecule has 4 nitrogen and oxygen atoms in total. The average Bonchev–Trinajstić information content (AvgIpc) is 2.85. The van der Waals surface area contributed by atoms with Gasteiger partial charge in [0.05, 0.1) is 12.6 Å². The second-order valence-corrected chi connectivity index (χ2v) is 4.52. The van der Waals surface area contributed by atoms with Crippen LogP contribution in [0.4, 0.5) is 0 Å². The summed E-state index contributed by atoms with van der Waals surface area (Å²) in [6, 6.07) is 3.73. The number of hydrogen-bond donors (Lipinski definition) is 1. The topological polar surface area (TPSA) is 57.2 Å². The van der Waals surface area contributed by atoms with Gasteiger partial charge in [-0.3, -0.25) is 0 Å². The summed E-state index contributed by atoms with van der Waals surface area (Å²) >= 11 is 0. The Morgan fingerprint density at radius 1 is 1.44 bits per heavy atom. The predicted molar refractivity (Wildman–Crippen MR) is 61.1 cm³/mol. The fourth-order valence-corrected chi connectivity index (χ4v) is 2.58. The van der Waals surface area contributed by atoms with E-state index in [0.29, 0.717) is 5.69 Å². The van der Waals surface area contributed by atoms with Crippen LogP contribution in [0.1, 0.15) is 41.9 Å². The number of methoxy groups -OCH3 is 1. The van der Waals surface area contributed by atoms with E-state index in [9.17, 15) is 4.79 Å². The number of carbonyl (C=O) groups excluding carboxylic acids is 1. The van der Waals surface area contributed by atoms with Crippen molar-refractivity contribution < 1.29 is 9.53 Å². The van der Waals surface area contributed by atoms with Crippen molar-refractivity contribution in [1.29, 1.82) is 0 Å². The van der Waals surface area contributed by atoms with E-state index < -0.39 is 0 Å². The quantitative estimate of drug-likeness (QED) is 0.772. The Hall–Kier alpha value is -1.29. The molecule has 2 rings (SSSR count). The molecule has 2 N–H and O–H groups in total. The van der Waals surface area contributed by atoms with Crippen LogP contribution in [0.5, 0.6) is 0 Å². The first-order valence-corrected chi connectivity index (χ1v) is 5.62. The smallest absolute Gasteiger partial charge is 0.354 e.